The predicted molar refractivity (Wildman–Crippen MR) is 114 cm³/mol. The Morgan fingerprint density at radius 3 is 2.97 bits per heavy atom. The topological polar surface area (TPSA) is 109 Å². The molecule has 0 spiro atoms. The largest absolute Gasteiger partial charge is 0.463 e. The SMILES string of the molecule is Cc1cnc2ccc(-c3c(-c4ccco4)nc(N)n4nc(CC5CCOC5)nc34)cn12. The fraction of sp³-hybridized carbons (Fsp3) is 0.273. The highest BCUT2D eigenvalue weighted by molar-refractivity contribution is 5.89. The molecule has 0 radical (unpaired) electrons. The molecule has 0 saturated carbocycles. The van der Waals surface area contributed by atoms with Crippen LogP contribution in [0.4, 0.5) is 5.95 Å². The van der Waals surface area contributed by atoms with Gasteiger partial charge in [-0.1, -0.05) is 0 Å². The lowest BCUT2D eigenvalue weighted by Gasteiger charge is -2.11. The zero-order valence-corrected chi connectivity index (χ0v) is 17.0. The molecule has 156 valence electrons. The van der Waals surface area contributed by atoms with Crippen LogP contribution in [0, 0.1) is 12.8 Å². The van der Waals surface area contributed by atoms with Crippen molar-refractivity contribution >= 4 is 17.2 Å². The van der Waals surface area contributed by atoms with E-state index in [-0.39, 0.29) is 5.95 Å². The number of anilines is 1. The summed E-state index contributed by atoms with van der Waals surface area (Å²) in [7, 11) is 0. The summed E-state index contributed by atoms with van der Waals surface area (Å²) in [5.41, 5.74) is 11.3. The molecule has 1 saturated heterocycles. The molecule has 0 amide bonds. The summed E-state index contributed by atoms with van der Waals surface area (Å²) < 4.78 is 14.9. The van der Waals surface area contributed by atoms with Crippen LogP contribution in [0.2, 0.25) is 0 Å². The Balaban J connectivity index is 1.60. The number of nitrogens with zero attached hydrogens (tertiary/aromatic N) is 6. The molecule has 0 aliphatic carbocycles. The first-order valence-corrected chi connectivity index (χ1v) is 10.3. The minimum absolute atomic E-state index is 0.270. The molecule has 2 N–H and O–H groups in total. The Hall–Kier alpha value is -3.72. The van der Waals surface area contributed by atoms with Crippen molar-refractivity contribution in [2.24, 2.45) is 5.92 Å². The zero-order chi connectivity index (χ0) is 20.9. The van der Waals surface area contributed by atoms with Crippen molar-refractivity contribution in [3.05, 3.63) is 54.4 Å². The minimum atomic E-state index is 0.270. The number of hydrogen-bond acceptors (Lipinski definition) is 7. The maximum atomic E-state index is 6.30. The lowest BCUT2D eigenvalue weighted by Crippen LogP contribution is -2.07. The first kappa shape index (κ1) is 18.1. The van der Waals surface area contributed by atoms with Crippen LogP contribution in [0.25, 0.3) is 33.9 Å². The maximum absolute atomic E-state index is 6.30. The first-order chi connectivity index (χ1) is 15.2. The number of pyridine rings is 1. The quantitative estimate of drug-likeness (QED) is 0.480. The molecular weight excluding hydrogens is 394 g/mol. The van der Waals surface area contributed by atoms with Crippen LogP contribution >= 0.6 is 0 Å². The van der Waals surface area contributed by atoms with Crippen LogP contribution in [0.3, 0.4) is 0 Å². The van der Waals surface area contributed by atoms with Crippen LogP contribution in [-0.4, -0.2) is 42.2 Å². The van der Waals surface area contributed by atoms with Crippen molar-refractivity contribution in [3.8, 4) is 22.6 Å². The Labute approximate surface area is 177 Å². The lowest BCUT2D eigenvalue weighted by molar-refractivity contribution is 0.185. The average molecular weight is 415 g/mol. The van der Waals surface area contributed by atoms with Gasteiger partial charge in [0.25, 0.3) is 0 Å². The standard InChI is InChI=1S/C22H21N7O2/c1-13-10-24-18-5-4-15(11-28(13)18)19-20(16-3-2-7-31-16)26-22(23)29-21(19)25-17(27-29)9-14-6-8-30-12-14/h2-5,7,10-11,14H,6,8-9,12H2,1H3,(H2,23,26). The van der Waals surface area contributed by atoms with Gasteiger partial charge in [0.15, 0.2) is 17.2 Å². The highest BCUT2D eigenvalue weighted by atomic mass is 16.5. The summed E-state index contributed by atoms with van der Waals surface area (Å²) in [4.78, 5) is 14.0. The predicted octanol–water partition coefficient (Wildman–Crippen LogP) is 3.17. The van der Waals surface area contributed by atoms with Gasteiger partial charge in [0.2, 0.25) is 5.95 Å². The number of imidazole rings is 1. The van der Waals surface area contributed by atoms with Gasteiger partial charge < -0.3 is 19.3 Å². The summed E-state index contributed by atoms with van der Waals surface area (Å²) in [6, 6.07) is 7.70. The second kappa shape index (κ2) is 6.92. The van der Waals surface area contributed by atoms with Gasteiger partial charge in [0.1, 0.15) is 11.3 Å². The van der Waals surface area contributed by atoms with Crippen LogP contribution < -0.4 is 5.73 Å². The van der Waals surface area contributed by atoms with Gasteiger partial charge in [-0.3, -0.25) is 0 Å². The molecule has 5 aromatic rings. The van der Waals surface area contributed by atoms with Gasteiger partial charge in [-0.2, -0.15) is 4.52 Å². The van der Waals surface area contributed by atoms with Crippen LogP contribution in [-0.2, 0) is 11.2 Å². The number of hydrogen-bond donors (Lipinski definition) is 1. The highest BCUT2D eigenvalue weighted by Crippen LogP contribution is 2.35. The van der Waals surface area contributed by atoms with E-state index < -0.39 is 0 Å². The molecule has 0 aromatic carbocycles. The second-order valence-electron chi connectivity index (χ2n) is 7.91. The maximum Gasteiger partial charge on any atom is 0.223 e. The Morgan fingerprint density at radius 1 is 1.23 bits per heavy atom. The zero-order valence-electron chi connectivity index (χ0n) is 17.0. The third-order valence-corrected chi connectivity index (χ3v) is 5.78. The van der Waals surface area contributed by atoms with Crippen molar-refractivity contribution in [1.82, 2.24) is 29.0 Å². The molecule has 1 unspecified atom stereocenters. The van der Waals surface area contributed by atoms with Crippen LogP contribution in [0.5, 0.6) is 0 Å². The average Bonchev–Trinajstić information content (AvgIpc) is 3.56. The first-order valence-electron chi connectivity index (χ1n) is 10.3. The monoisotopic (exact) mass is 415 g/mol. The minimum Gasteiger partial charge on any atom is -0.463 e. The summed E-state index contributed by atoms with van der Waals surface area (Å²) in [5.74, 6) is 2.05. The number of nitrogen functional groups attached to an aromatic ring is 1. The van der Waals surface area contributed by atoms with Gasteiger partial charge >= 0.3 is 0 Å². The fourth-order valence-electron chi connectivity index (χ4n) is 4.20. The van der Waals surface area contributed by atoms with Gasteiger partial charge in [0, 0.05) is 43.3 Å². The number of aryl methyl sites for hydroxylation is 1. The van der Waals surface area contributed by atoms with Crippen molar-refractivity contribution in [2.75, 3.05) is 18.9 Å². The second-order valence-corrected chi connectivity index (χ2v) is 7.91. The Bertz CT molecular complexity index is 1390. The molecule has 1 aliphatic heterocycles. The van der Waals surface area contributed by atoms with E-state index in [1.54, 1.807) is 10.8 Å². The molecule has 1 aliphatic rings. The summed E-state index contributed by atoms with van der Waals surface area (Å²) in [6.07, 6.45) is 7.28. The normalized spacial score (nSPS) is 16.6. The summed E-state index contributed by atoms with van der Waals surface area (Å²) in [6.45, 7) is 3.55. The van der Waals surface area contributed by atoms with E-state index in [2.05, 4.69) is 15.1 Å². The number of fused-ring (bicyclic) bond motifs is 2. The Kier molecular flexibility index (Phi) is 4.03. The van der Waals surface area contributed by atoms with E-state index >= 15 is 0 Å². The molecule has 0 bridgehead atoms. The number of aromatic nitrogens is 6. The van der Waals surface area contributed by atoms with E-state index in [0.29, 0.717) is 23.0 Å². The molecule has 1 atom stereocenters. The number of furan rings is 1. The molecule has 9 nitrogen and oxygen atoms in total. The molecule has 6 rings (SSSR count). The summed E-state index contributed by atoms with van der Waals surface area (Å²) >= 11 is 0. The molecule has 9 heteroatoms. The smallest absolute Gasteiger partial charge is 0.223 e. The summed E-state index contributed by atoms with van der Waals surface area (Å²) in [5, 5.41) is 4.67. The van der Waals surface area contributed by atoms with Gasteiger partial charge in [-0.05, 0) is 43.5 Å². The van der Waals surface area contributed by atoms with Gasteiger partial charge in [-0.25, -0.2) is 15.0 Å². The van der Waals surface area contributed by atoms with Crippen LogP contribution in [0.1, 0.15) is 17.9 Å². The molecule has 1 fully saturated rings. The van der Waals surface area contributed by atoms with Crippen molar-refractivity contribution < 1.29 is 9.15 Å². The number of ether oxygens (including phenoxy) is 1. The highest BCUT2D eigenvalue weighted by Gasteiger charge is 2.24. The molecule has 6 heterocycles. The van der Waals surface area contributed by atoms with E-state index in [1.165, 1.54) is 0 Å². The fourth-order valence-corrected chi connectivity index (χ4v) is 4.20. The third-order valence-electron chi connectivity index (χ3n) is 5.78. The van der Waals surface area contributed by atoms with Crippen LogP contribution in [0.15, 0.2) is 47.3 Å². The Morgan fingerprint density at radius 2 is 2.16 bits per heavy atom. The van der Waals surface area contributed by atoms with Crippen molar-refractivity contribution in [2.45, 2.75) is 19.8 Å². The lowest BCUT2D eigenvalue weighted by atomic mass is 10.0. The van der Waals surface area contributed by atoms with E-state index in [1.807, 2.05) is 48.0 Å². The third kappa shape index (κ3) is 2.97. The molecule has 31 heavy (non-hydrogen) atoms. The van der Waals surface area contributed by atoms with E-state index in [4.69, 9.17) is 19.9 Å². The van der Waals surface area contributed by atoms with Gasteiger partial charge in [0.05, 0.1) is 11.8 Å². The van der Waals surface area contributed by atoms with E-state index in [0.717, 1.165) is 54.3 Å². The molecule has 5 aromatic heterocycles. The van der Waals surface area contributed by atoms with Gasteiger partial charge in [-0.15, -0.1) is 5.10 Å². The number of rotatable bonds is 4. The molecular formula is C22H21N7O2. The van der Waals surface area contributed by atoms with E-state index in [9.17, 15) is 0 Å². The van der Waals surface area contributed by atoms with Crippen molar-refractivity contribution in [3.63, 3.8) is 0 Å². The number of nitrogens with two attached hydrogens (primary N) is 1. The van der Waals surface area contributed by atoms with Crippen molar-refractivity contribution in [1.29, 1.82) is 0 Å².